The molecule has 0 aliphatic heterocycles. The molecule has 0 fully saturated rings. The van der Waals surface area contributed by atoms with Gasteiger partial charge in [-0.2, -0.15) is 0 Å². The van der Waals surface area contributed by atoms with Crippen LogP contribution in [0.25, 0.3) is 22.0 Å². The Hall–Kier alpha value is -2.18. The Morgan fingerprint density at radius 2 is 2.24 bits per heavy atom. The van der Waals surface area contributed by atoms with E-state index in [0.717, 1.165) is 6.26 Å². The maximum absolute atomic E-state index is 13.9. The van der Waals surface area contributed by atoms with Gasteiger partial charge in [-0.05, 0) is 12.1 Å². The molecule has 3 rings (SSSR count). The number of carboxylic acids is 1. The minimum Gasteiger partial charge on any atom is -0.478 e. The Labute approximate surface area is 127 Å². The lowest BCUT2D eigenvalue weighted by molar-refractivity contribution is 0.0696. The number of carboxylic acid groups (broad SMARTS) is 1. The molecule has 0 saturated carbocycles. The molecule has 106 valence electrons. The van der Waals surface area contributed by atoms with Gasteiger partial charge in [0.15, 0.2) is 11.6 Å². The molecule has 2 aromatic heterocycles. The zero-order chi connectivity index (χ0) is 15.0. The number of thiazole rings is 1. The number of rotatable bonds is 3. The first-order valence-corrected chi connectivity index (χ1v) is 7.04. The molecule has 4 nitrogen and oxygen atoms in total. The van der Waals surface area contributed by atoms with Crippen LogP contribution in [-0.2, 0) is 0 Å². The van der Waals surface area contributed by atoms with E-state index in [0.29, 0.717) is 22.0 Å². The highest BCUT2D eigenvalue weighted by Gasteiger charge is 2.16. The lowest BCUT2D eigenvalue weighted by Gasteiger charge is -1.99. The number of hydrogen-bond donors (Lipinski definition) is 1. The Balaban J connectivity index is 1.99. The molecule has 0 atom stereocenters. The van der Waals surface area contributed by atoms with Crippen LogP contribution in [-0.4, -0.2) is 16.1 Å². The van der Waals surface area contributed by atoms with E-state index in [4.69, 9.17) is 21.1 Å². The maximum Gasteiger partial charge on any atom is 0.338 e. The molecule has 3 aromatic rings. The van der Waals surface area contributed by atoms with Crippen molar-refractivity contribution in [3.63, 3.8) is 0 Å². The largest absolute Gasteiger partial charge is 0.478 e. The molecule has 1 aromatic carbocycles. The van der Waals surface area contributed by atoms with Gasteiger partial charge in [0.2, 0.25) is 0 Å². The number of benzene rings is 1. The molecule has 0 unspecified atom stereocenters. The van der Waals surface area contributed by atoms with E-state index in [1.807, 2.05) is 0 Å². The predicted molar refractivity (Wildman–Crippen MR) is 77.2 cm³/mol. The summed E-state index contributed by atoms with van der Waals surface area (Å²) in [5.74, 6) is -1.30. The van der Waals surface area contributed by atoms with Crippen molar-refractivity contribution in [1.29, 1.82) is 0 Å². The average molecular weight is 324 g/mol. The van der Waals surface area contributed by atoms with Gasteiger partial charge in [-0.25, -0.2) is 14.2 Å². The number of aromatic nitrogens is 1. The third kappa shape index (κ3) is 2.55. The Morgan fingerprint density at radius 1 is 1.43 bits per heavy atom. The molecule has 0 bridgehead atoms. The second-order valence-electron chi connectivity index (χ2n) is 4.14. The van der Waals surface area contributed by atoms with Crippen LogP contribution in [0.3, 0.4) is 0 Å². The summed E-state index contributed by atoms with van der Waals surface area (Å²) in [5, 5.41) is 11.0. The van der Waals surface area contributed by atoms with E-state index in [9.17, 15) is 9.18 Å². The van der Waals surface area contributed by atoms with Crippen molar-refractivity contribution >= 4 is 28.9 Å². The van der Waals surface area contributed by atoms with Gasteiger partial charge < -0.3 is 9.52 Å². The summed E-state index contributed by atoms with van der Waals surface area (Å²) in [6, 6.07) is 6.04. The second-order valence-corrected chi connectivity index (χ2v) is 5.41. The van der Waals surface area contributed by atoms with Gasteiger partial charge in [-0.15, -0.1) is 11.3 Å². The number of nitrogens with zero attached hydrogens (tertiary/aromatic N) is 1. The van der Waals surface area contributed by atoms with Crippen LogP contribution in [0.15, 0.2) is 40.3 Å². The molecule has 0 aliphatic rings. The van der Waals surface area contributed by atoms with Crippen LogP contribution in [0.1, 0.15) is 10.4 Å². The van der Waals surface area contributed by atoms with Crippen LogP contribution in [0.5, 0.6) is 0 Å². The smallest absolute Gasteiger partial charge is 0.338 e. The summed E-state index contributed by atoms with van der Waals surface area (Å²) in [6.45, 7) is 0. The van der Waals surface area contributed by atoms with Crippen LogP contribution in [0.2, 0.25) is 5.02 Å². The van der Waals surface area contributed by atoms with Gasteiger partial charge >= 0.3 is 5.97 Å². The molecule has 7 heteroatoms. The zero-order valence-corrected chi connectivity index (χ0v) is 11.9. The van der Waals surface area contributed by atoms with Crippen LogP contribution >= 0.6 is 22.9 Å². The lowest BCUT2D eigenvalue weighted by Crippen LogP contribution is -1.91. The maximum atomic E-state index is 13.9. The molecule has 2 heterocycles. The predicted octanol–water partition coefficient (Wildman–Crippen LogP) is 4.56. The lowest BCUT2D eigenvalue weighted by atomic mass is 10.2. The summed E-state index contributed by atoms with van der Waals surface area (Å²) in [4.78, 5) is 15.1. The fourth-order valence-electron chi connectivity index (χ4n) is 1.76. The van der Waals surface area contributed by atoms with Gasteiger partial charge in [-0.3, -0.25) is 0 Å². The standard InChI is InChI=1S/C14H7ClFNO3S/c15-9-3-1-2-8(12(9)16)13-17-10(6-21-13)11-4-7(5-20-11)14(18)19/h1-6H,(H,18,19). The monoisotopic (exact) mass is 323 g/mol. The van der Waals surface area contributed by atoms with Gasteiger partial charge in [0.05, 0.1) is 10.6 Å². The molecule has 0 spiro atoms. The SMILES string of the molecule is O=C(O)c1coc(-c2csc(-c3cccc(Cl)c3F)n2)c1. The topological polar surface area (TPSA) is 63.3 Å². The average Bonchev–Trinajstić information content (AvgIpc) is 3.09. The van der Waals surface area contributed by atoms with Gasteiger partial charge in [-0.1, -0.05) is 17.7 Å². The van der Waals surface area contributed by atoms with E-state index >= 15 is 0 Å². The van der Waals surface area contributed by atoms with Crippen molar-refractivity contribution in [1.82, 2.24) is 4.98 Å². The summed E-state index contributed by atoms with van der Waals surface area (Å²) < 4.78 is 19.1. The number of halogens is 2. The molecule has 0 amide bonds. The third-order valence-corrected chi connectivity index (χ3v) is 3.95. The number of hydrogen-bond acceptors (Lipinski definition) is 4. The summed E-state index contributed by atoms with van der Waals surface area (Å²) in [7, 11) is 0. The van der Waals surface area contributed by atoms with E-state index in [1.165, 1.54) is 23.5 Å². The number of furan rings is 1. The third-order valence-electron chi connectivity index (χ3n) is 2.79. The number of aromatic carboxylic acids is 1. The van der Waals surface area contributed by atoms with Gasteiger partial charge in [0.1, 0.15) is 17.0 Å². The zero-order valence-electron chi connectivity index (χ0n) is 10.3. The Kier molecular flexibility index (Phi) is 3.48. The van der Waals surface area contributed by atoms with E-state index in [1.54, 1.807) is 17.5 Å². The molecule has 0 aliphatic carbocycles. The van der Waals surface area contributed by atoms with Crippen LogP contribution in [0, 0.1) is 5.82 Å². The van der Waals surface area contributed by atoms with Crippen molar-refractivity contribution in [3.8, 4) is 22.0 Å². The summed E-state index contributed by atoms with van der Waals surface area (Å²) in [5.41, 5.74) is 0.777. The van der Waals surface area contributed by atoms with Gasteiger partial charge in [0, 0.05) is 17.0 Å². The highest BCUT2D eigenvalue weighted by atomic mass is 35.5. The quantitative estimate of drug-likeness (QED) is 0.767. The van der Waals surface area contributed by atoms with Crippen molar-refractivity contribution in [2.24, 2.45) is 0 Å². The van der Waals surface area contributed by atoms with Crippen LogP contribution < -0.4 is 0 Å². The first kappa shape index (κ1) is 13.8. The number of carbonyl (C=O) groups is 1. The van der Waals surface area contributed by atoms with Crippen molar-refractivity contribution in [3.05, 3.63) is 52.3 Å². The normalized spacial score (nSPS) is 10.8. The highest BCUT2D eigenvalue weighted by Crippen LogP contribution is 2.33. The molecule has 0 radical (unpaired) electrons. The van der Waals surface area contributed by atoms with E-state index < -0.39 is 11.8 Å². The van der Waals surface area contributed by atoms with E-state index in [2.05, 4.69) is 4.98 Å². The molecule has 21 heavy (non-hydrogen) atoms. The summed E-state index contributed by atoms with van der Waals surface area (Å²) >= 11 is 6.96. The van der Waals surface area contributed by atoms with Crippen LogP contribution in [0.4, 0.5) is 4.39 Å². The van der Waals surface area contributed by atoms with Gasteiger partial charge in [0.25, 0.3) is 0 Å². The molecule has 0 saturated heterocycles. The van der Waals surface area contributed by atoms with Crippen molar-refractivity contribution in [2.45, 2.75) is 0 Å². The van der Waals surface area contributed by atoms with Crippen molar-refractivity contribution < 1.29 is 18.7 Å². The molecular weight excluding hydrogens is 317 g/mol. The highest BCUT2D eigenvalue weighted by molar-refractivity contribution is 7.13. The second kappa shape index (κ2) is 5.31. The summed E-state index contributed by atoms with van der Waals surface area (Å²) in [6.07, 6.45) is 1.14. The minimum atomic E-state index is -1.08. The minimum absolute atomic E-state index is 0.0235. The molecule has 1 N–H and O–H groups in total. The van der Waals surface area contributed by atoms with E-state index in [-0.39, 0.29) is 10.6 Å². The van der Waals surface area contributed by atoms with Crippen molar-refractivity contribution in [2.75, 3.05) is 0 Å². The first-order chi connectivity index (χ1) is 10.1. The molecular formula is C14H7ClFNO3S. The Morgan fingerprint density at radius 3 is 2.95 bits per heavy atom. The Bertz CT molecular complexity index is 827. The first-order valence-electron chi connectivity index (χ1n) is 5.78. The fraction of sp³-hybridized carbons (Fsp3) is 0. The fourth-order valence-corrected chi connectivity index (χ4v) is 2.76.